The molecule has 0 saturated heterocycles. The Morgan fingerprint density at radius 2 is 1.57 bits per heavy atom. The topological polar surface area (TPSA) is 6.48 Å². The largest absolute Gasteiger partial charge is 0.300 e. The van der Waals surface area contributed by atoms with Crippen LogP contribution in [0.1, 0.15) is 47.5 Å². The average Bonchev–Trinajstić information content (AvgIpc) is 2.76. The van der Waals surface area contributed by atoms with Gasteiger partial charge in [0.1, 0.15) is 0 Å². The molecule has 2 heteroatoms. The van der Waals surface area contributed by atoms with Gasteiger partial charge in [-0.25, -0.2) is 0 Å². The molecule has 2 unspecified atom stereocenters. The van der Waals surface area contributed by atoms with E-state index in [-0.39, 0.29) is 0 Å². The zero-order valence-corrected chi connectivity index (χ0v) is 14.7. The minimum atomic E-state index is 0.655. The molecule has 2 heterocycles. The lowest BCUT2D eigenvalue weighted by Crippen LogP contribution is -2.40. The fraction of sp³-hybridized carbons (Fsp3) is 0.789. The van der Waals surface area contributed by atoms with E-state index in [9.17, 15) is 0 Å². The summed E-state index contributed by atoms with van der Waals surface area (Å²) in [5, 5.41) is 0. The molecule has 0 N–H and O–H groups in total. The van der Waals surface area contributed by atoms with Crippen molar-refractivity contribution in [3.05, 3.63) is 23.8 Å². The molecule has 2 nitrogen and oxygen atoms in total. The second-order valence-corrected chi connectivity index (χ2v) is 7.48. The Balaban J connectivity index is 2.13. The number of hydrogen-bond donors (Lipinski definition) is 0. The highest BCUT2D eigenvalue weighted by Gasteiger charge is 2.27. The van der Waals surface area contributed by atoms with Gasteiger partial charge in [0.25, 0.3) is 0 Å². The second kappa shape index (κ2) is 7.60. The quantitative estimate of drug-likeness (QED) is 0.726. The van der Waals surface area contributed by atoms with Crippen LogP contribution in [-0.2, 0) is 0 Å². The van der Waals surface area contributed by atoms with Gasteiger partial charge in [0.05, 0.1) is 0 Å². The molecular formula is C19H34N2. The van der Waals surface area contributed by atoms with E-state index >= 15 is 0 Å². The summed E-state index contributed by atoms with van der Waals surface area (Å²) in [6.45, 7) is 16.5. The van der Waals surface area contributed by atoms with E-state index in [1.807, 2.05) is 0 Å². The maximum Gasteiger partial charge on any atom is 0.00534 e. The molecule has 120 valence electrons. The van der Waals surface area contributed by atoms with E-state index in [1.54, 1.807) is 5.57 Å². The second-order valence-electron chi connectivity index (χ2n) is 7.48. The van der Waals surface area contributed by atoms with Crippen molar-refractivity contribution in [3.8, 4) is 0 Å². The van der Waals surface area contributed by atoms with Crippen molar-refractivity contribution < 1.29 is 0 Å². The maximum atomic E-state index is 2.66. The molecule has 2 aliphatic rings. The Labute approximate surface area is 131 Å². The predicted octanol–water partition coefficient (Wildman–Crippen LogP) is 3.95. The Bertz CT molecular complexity index is 381. The molecule has 0 bridgehead atoms. The molecule has 0 saturated carbocycles. The number of rotatable bonds is 3. The average molecular weight is 290 g/mol. The van der Waals surface area contributed by atoms with E-state index in [2.05, 4.69) is 62.6 Å². The van der Waals surface area contributed by atoms with Gasteiger partial charge in [-0.05, 0) is 59.3 Å². The highest BCUT2D eigenvalue weighted by molar-refractivity contribution is 5.10. The minimum Gasteiger partial charge on any atom is -0.300 e. The normalized spacial score (nSPS) is 29.6. The number of nitrogens with zero attached hydrogens (tertiary/aromatic N) is 2. The molecule has 2 atom stereocenters. The molecular weight excluding hydrogens is 256 g/mol. The lowest BCUT2D eigenvalue weighted by atomic mass is 9.89. The van der Waals surface area contributed by atoms with E-state index in [1.165, 1.54) is 39.0 Å². The van der Waals surface area contributed by atoms with Gasteiger partial charge in [0.2, 0.25) is 0 Å². The Morgan fingerprint density at radius 1 is 0.952 bits per heavy atom. The number of hydrogen-bond acceptors (Lipinski definition) is 2. The summed E-state index contributed by atoms with van der Waals surface area (Å²) in [4.78, 5) is 5.31. The monoisotopic (exact) mass is 290 g/mol. The highest BCUT2D eigenvalue weighted by Crippen LogP contribution is 2.27. The fourth-order valence-electron chi connectivity index (χ4n) is 3.59. The van der Waals surface area contributed by atoms with E-state index in [0.717, 1.165) is 0 Å². The van der Waals surface area contributed by atoms with E-state index < -0.39 is 0 Å². The smallest absolute Gasteiger partial charge is 0.00534 e. The van der Waals surface area contributed by atoms with Crippen LogP contribution >= 0.6 is 0 Å². The summed E-state index contributed by atoms with van der Waals surface area (Å²) in [6, 6.07) is 1.31. The Kier molecular flexibility index (Phi) is 6.07. The van der Waals surface area contributed by atoms with Crippen molar-refractivity contribution in [2.24, 2.45) is 11.8 Å². The third-order valence-electron chi connectivity index (χ3n) is 5.16. The van der Waals surface area contributed by atoms with Gasteiger partial charge in [-0.15, -0.1) is 0 Å². The van der Waals surface area contributed by atoms with Crippen molar-refractivity contribution in [3.63, 3.8) is 0 Å². The van der Waals surface area contributed by atoms with Crippen LogP contribution in [0.5, 0.6) is 0 Å². The first-order chi connectivity index (χ1) is 9.97. The highest BCUT2D eigenvalue weighted by atomic mass is 15.2. The standard InChI is InChI=1S/C19H34N2/c1-15(2)20-10-7-6-8-18(13-20)19-12-17(5)9-11-21(14-19)16(3)4/h6,8,12,15-16,18-19H,7,9-11,13-14H2,1-5H3. The maximum absolute atomic E-state index is 2.66. The SMILES string of the molecule is CC1=CC(C2C=CCCN(C(C)C)C2)CN(C(C)C)CC1. The van der Waals surface area contributed by atoms with Gasteiger partial charge in [0.15, 0.2) is 0 Å². The fourth-order valence-corrected chi connectivity index (χ4v) is 3.59. The van der Waals surface area contributed by atoms with Gasteiger partial charge < -0.3 is 9.80 Å². The van der Waals surface area contributed by atoms with Crippen LogP contribution in [0.15, 0.2) is 23.8 Å². The first-order valence-corrected chi connectivity index (χ1v) is 8.79. The molecule has 2 aliphatic heterocycles. The molecule has 21 heavy (non-hydrogen) atoms. The Hall–Kier alpha value is -0.600. The minimum absolute atomic E-state index is 0.655. The molecule has 0 fully saturated rings. The van der Waals surface area contributed by atoms with Gasteiger partial charge in [0, 0.05) is 38.3 Å². The summed E-state index contributed by atoms with van der Waals surface area (Å²) < 4.78 is 0. The Morgan fingerprint density at radius 3 is 2.24 bits per heavy atom. The van der Waals surface area contributed by atoms with Gasteiger partial charge in [-0.1, -0.05) is 23.8 Å². The van der Waals surface area contributed by atoms with Crippen molar-refractivity contribution in [2.45, 2.75) is 59.5 Å². The summed E-state index contributed by atoms with van der Waals surface area (Å²) in [5.41, 5.74) is 1.58. The van der Waals surface area contributed by atoms with Crippen LogP contribution in [0, 0.1) is 11.8 Å². The lowest BCUT2D eigenvalue weighted by molar-refractivity contribution is 0.159. The first-order valence-electron chi connectivity index (χ1n) is 8.79. The van der Waals surface area contributed by atoms with Crippen LogP contribution in [0.2, 0.25) is 0 Å². The van der Waals surface area contributed by atoms with Crippen LogP contribution < -0.4 is 0 Å². The van der Waals surface area contributed by atoms with Gasteiger partial charge in [-0.2, -0.15) is 0 Å². The third-order valence-corrected chi connectivity index (χ3v) is 5.16. The molecule has 0 amide bonds. The van der Waals surface area contributed by atoms with Crippen LogP contribution in [-0.4, -0.2) is 48.1 Å². The van der Waals surface area contributed by atoms with Crippen LogP contribution in [0.25, 0.3) is 0 Å². The van der Waals surface area contributed by atoms with Crippen molar-refractivity contribution >= 4 is 0 Å². The molecule has 0 radical (unpaired) electrons. The molecule has 0 aliphatic carbocycles. The predicted molar refractivity (Wildman–Crippen MR) is 92.5 cm³/mol. The van der Waals surface area contributed by atoms with E-state index in [0.29, 0.717) is 23.9 Å². The zero-order valence-electron chi connectivity index (χ0n) is 14.7. The molecule has 0 spiro atoms. The zero-order chi connectivity index (χ0) is 15.4. The van der Waals surface area contributed by atoms with E-state index in [4.69, 9.17) is 0 Å². The summed E-state index contributed by atoms with van der Waals surface area (Å²) in [7, 11) is 0. The molecule has 0 aromatic carbocycles. The molecule has 0 aromatic heterocycles. The van der Waals surface area contributed by atoms with Gasteiger partial charge in [-0.3, -0.25) is 0 Å². The first kappa shape index (κ1) is 16.8. The summed E-state index contributed by atoms with van der Waals surface area (Å²) >= 11 is 0. The summed E-state index contributed by atoms with van der Waals surface area (Å²) in [6.07, 6.45) is 9.93. The van der Waals surface area contributed by atoms with Crippen molar-refractivity contribution in [2.75, 3.05) is 26.2 Å². The lowest BCUT2D eigenvalue weighted by Gasteiger charge is -2.33. The van der Waals surface area contributed by atoms with Crippen LogP contribution in [0.3, 0.4) is 0 Å². The van der Waals surface area contributed by atoms with Gasteiger partial charge >= 0.3 is 0 Å². The molecule has 0 aromatic rings. The van der Waals surface area contributed by atoms with Crippen LogP contribution in [0.4, 0.5) is 0 Å². The summed E-state index contributed by atoms with van der Waals surface area (Å²) in [5.74, 6) is 1.34. The third kappa shape index (κ3) is 4.69. The van der Waals surface area contributed by atoms with Crippen molar-refractivity contribution in [1.29, 1.82) is 0 Å². The molecule has 2 rings (SSSR count). The van der Waals surface area contributed by atoms with Crippen molar-refractivity contribution in [1.82, 2.24) is 9.80 Å².